The minimum atomic E-state index is -0.537. The SMILES string of the molecule is CNC(=O)c1cc(-c2cn(CC(=O)OC)c3ncn(C)c(=O)c23)cc(Cl)c1O. The van der Waals surface area contributed by atoms with Gasteiger partial charge in [-0.15, -0.1) is 0 Å². The minimum Gasteiger partial charge on any atom is -0.506 e. The first-order valence-corrected chi connectivity index (χ1v) is 8.52. The van der Waals surface area contributed by atoms with Gasteiger partial charge in [-0.2, -0.15) is 0 Å². The van der Waals surface area contributed by atoms with Gasteiger partial charge in [-0.25, -0.2) is 4.98 Å². The summed E-state index contributed by atoms with van der Waals surface area (Å²) in [6.07, 6.45) is 2.91. The van der Waals surface area contributed by atoms with Gasteiger partial charge in [0.2, 0.25) is 0 Å². The molecule has 3 aromatic rings. The third-order valence-corrected chi connectivity index (χ3v) is 4.60. The zero-order valence-corrected chi connectivity index (χ0v) is 16.1. The number of carbonyl (C=O) groups excluding carboxylic acids is 2. The molecular formula is C18H17ClN4O5. The highest BCUT2D eigenvalue weighted by molar-refractivity contribution is 6.33. The van der Waals surface area contributed by atoms with Crippen molar-refractivity contribution in [3.63, 3.8) is 0 Å². The van der Waals surface area contributed by atoms with E-state index in [2.05, 4.69) is 10.3 Å². The molecule has 2 heterocycles. The molecule has 1 amide bonds. The molecule has 0 atom stereocenters. The zero-order chi connectivity index (χ0) is 20.6. The van der Waals surface area contributed by atoms with Crippen molar-refractivity contribution in [3.8, 4) is 16.9 Å². The fraction of sp³-hybridized carbons (Fsp3) is 0.222. The van der Waals surface area contributed by atoms with E-state index in [-0.39, 0.29) is 39.5 Å². The summed E-state index contributed by atoms with van der Waals surface area (Å²) in [5.74, 6) is -1.42. The van der Waals surface area contributed by atoms with Crippen LogP contribution < -0.4 is 10.9 Å². The number of esters is 1. The molecule has 3 rings (SSSR count). The van der Waals surface area contributed by atoms with Crippen LogP contribution in [-0.4, -0.2) is 45.3 Å². The van der Waals surface area contributed by atoms with Gasteiger partial charge < -0.3 is 24.3 Å². The van der Waals surface area contributed by atoms with Gasteiger partial charge in [0.05, 0.1) is 29.4 Å². The minimum absolute atomic E-state index is 0.0421. The van der Waals surface area contributed by atoms with Gasteiger partial charge in [0.25, 0.3) is 11.5 Å². The highest BCUT2D eigenvalue weighted by atomic mass is 35.5. The summed E-state index contributed by atoms with van der Waals surface area (Å²) in [7, 11) is 4.23. The van der Waals surface area contributed by atoms with Crippen LogP contribution in [0.4, 0.5) is 0 Å². The molecule has 0 radical (unpaired) electrons. The second-order valence-corrected chi connectivity index (χ2v) is 6.45. The highest BCUT2D eigenvalue weighted by Gasteiger charge is 2.21. The second kappa shape index (κ2) is 7.35. The van der Waals surface area contributed by atoms with Gasteiger partial charge in [0, 0.05) is 25.9 Å². The van der Waals surface area contributed by atoms with E-state index >= 15 is 0 Å². The van der Waals surface area contributed by atoms with Crippen molar-refractivity contribution in [2.75, 3.05) is 14.2 Å². The van der Waals surface area contributed by atoms with E-state index in [4.69, 9.17) is 16.3 Å². The molecule has 0 aliphatic rings. The van der Waals surface area contributed by atoms with E-state index in [1.165, 1.54) is 41.8 Å². The van der Waals surface area contributed by atoms with E-state index in [1.807, 2.05) is 0 Å². The lowest BCUT2D eigenvalue weighted by molar-refractivity contribution is -0.141. The fourth-order valence-corrected chi connectivity index (χ4v) is 3.09. The number of fused-ring (bicyclic) bond motifs is 1. The number of nitrogens with zero attached hydrogens (tertiary/aromatic N) is 3. The molecule has 0 aliphatic heterocycles. The average Bonchev–Trinajstić information content (AvgIpc) is 3.04. The maximum absolute atomic E-state index is 12.7. The Morgan fingerprint density at radius 1 is 1.36 bits per heavy atom. The van der Waals surface area contributed by atoms with Crippen molar-refractivity contribution >= 4 is 34.5 Å². The largest absolute Gasteiger partial charge is 0.506 e. The quantitative estimate of drug-likeness (QED) is 0.633. The van der Waals surface area contributed by atoms with Crippen molar-refractivity contribution in [1.82, 2.24) is 19.4 Å². The fourth-order valence-electron chi connectivity index (χ4n) is 2.87. The number of rotatable bonds is 4. The second-order valence-electron chi connectivity index (χ2n) is 6.04. The Labute approximate surface area is 164 Å². The first-order valence-electron chi connectivity index (χ1n) is 8.14. The molecule has 0 spiro atoms. The van der Waals surface area contributed by atoms with Crippen LogP contribution in [0.5, 0.6) is 5.75 Å². The third-order valence-electron chi connectivity index (χ3n) is 4.31. The van der Waals surface area contributed by atoms with Gasteiger partial charge in [-0.1, -0.05) is 11.6 Å². The van der Waals surface area contributed by atoms with Crippen LogP contribution in [0, 0.1) is 0 Å². The van der Waals surface area contributed by atoms with E-state index < -0.39 is 11.9 Å². The number of methoxy groups -OCH3 is 1. The first-order chi connectivity index (χ1) is 13.3. The third kappa shape index (κ3) is 3.20. The summed E-state index contributed by atoms with van der Waals surface area (Å²) in [5, 5.41) is 12.7. The Morgan fingerprint density at radius 2 is 2.07 bits per heavy atom. The number of aromatic nitrogens is 3. The normalized spacial score (nSPS) is 10.9. The Kier molecular flexibility index (Phi) is 5.10. The number of hydrogen-bond donors (Lipinski definition) is 2. The van der Waals surface area contributed by atoms with Crippen LogP contribution in [0.3, 0.4) is 0 Å². The molecule has 9 nitrogen and oxygen atoms in total. The molecule has 2 N–H and O–H groups in total. The number of aryl methyl sites for hydroxylation is 1. The number of amides is 1. The molecule has 0 saturated carbocycles. The van der Waals surface area contributed by atoms with Gasteiger partial charge in [0.15, 0.2) is 0 Å². The standard InChI is InChI=1S/C18H17ClN4O5/c1-20-17(26)10-4-9(5-12(19)15(10)25)11-6-23(7-13(24)28-3)16-14(11)18(27)22(2)8-21-16/h4-6,8,25H,7H2,1-3H3,(H,20,26). The lowest BCUT2D eigenvalue weighted by Crippen LogP contribution is -2.18. The molecule has 10 heteroatoms. The van der Waals surface area contributed by atoms with Gasteiger partial charge in [-0.05, 0) is 17.7 Å². The van der Waals surface area contributed by atoms with Gasteiger partial charge in [0.1, 0.15) is 17.9 Å². The van der Waals surface area contributed by atoms with E-state index in [1.54, 1.807) is 13.2 Å². The summed E-state index contributed by atoms with van der Waals surface area (Å²) >= 11 is 6.10. The molecule has 0 unspecified atom stereocenters. The molecule has 28 heavy (non-hydrogen) atoms. The molecule has 0 bridgehead atoms. The predicted molar refractivity (Wildman–Crippen MR) is 102 cm³/mol. The Balaban J connectivity index is 2.33. The number of phenols is 1. The maximum atomic E-state index is 12.7. The van der Waals surface area contributed by atoms with Crippen LogP contribution in [0.15, 0.2) is 29.5 Å². The van der Waals surface area contributed by atoms with Crippen molar-refractivity contribution in [1.29, 1.82) is 0 Å². The van der Waals surface area contributed by atoms with Crippen molar-refractivity contribution in [2.45, 2.75) is 6.54 Å². The molecule has 0 saturated heterocycles. The number of hydrogen-bond acceptors (Lipinski definition) is 6. The van der Waals surface area contributed by atoms with Crippen molar-refractivity contribution < 1.29 is 19.4 Å². The average molecular weight is 405 g/mol. The summed E-state index contributed by atoms with van der Waals surface area (Å²) in [5.41, 5.74) is 0.739. The van der Waals surface area contributed by atoms with E-state index in [0.29, 0.717) is 11.1 Å². The number of ether oxygens (including phenoxy) is 1. The summed E-state index contributed by atoms with van der Waals surface area (Å²) in [6.45, 7) is -0.152. The van der Waals surface area contributed by atoms with Gasteiger partial charge >= 0.3 is 5.97 Å². The molecule has 1 aromatic carbocycles. The molecule has 0 fully saturated rings. The van der Waals surface area contributed by atoms with Crippen LogP contribution in [0.1, 0.15) is 10.4 Å². The summed E-state index contributed by atoms with van der Waals surface area (Å²) in [4.78, 5) is 40.8. The van der Waals surface area contributed by atoms with E-state index in [0.717, 1.165) is 0 Å². The van der Waals surface area contributed by atoms with Crippen molar-refractivity contribution in [3.05, 3.63) is 45.6 Å². The summed E-state index contributed by atoms with van der Waals surface area (Å²) in [6, 6.07) is 2.86. The summed E-state index contributed by atoms with van der Waals surface area (Å²) < 4.78 is 7.48. The lowest BCUT2D eigenvalue weighted by Gasteiger charge is -2.08. The first kappa shape index (κ1) is 19.4. The molecule has 0 aliphatic carbocycles. The monoisotopic (exact) mass is 404 g/mol. The number of carbonyl (C=O) groups is 2. The number of phenolic OH excluding ortho intramolecular Hbond substituents is 1. The highest BCUT2D eigenvalue weighted by Crippen LogP contribution is 2.36. The van der Waals surface area contributed by atoms with Crippen LogP contribution in [0.25, 0.3) is 22.2 Å². The van der Waals surface area contributed by atoms with Crippen LogP contribution in [-0.2, 0) is 23.1 Å². The number of benzene rings is 1. The lowest BCUT2D eigenvalue weighted by atomic mass is 10.0. The number of nitrogens with one attached hydrogen (secondary N) is 1. The topological polar surface area (TPSA) is 115 Å². The molecule has 2 aromatic heterocycles. The van der Waals surface area contributed by atoms with E-state index in [9.17, 15) is 19.5 Å². The van der Waals surface area contributed by atoms with Gasteiger partial charge in [-0.3, -0.25) is 14.4 Å². The molecule has 146 valence electrons. The van der Waals surface area contributed by atoms with Crippen LogP contribution >= 0.6 is 11.6 Å². The maximum Gasteiger partial charge on any atom is 0.325 e. The predicted octanol–water partition coefficient (Wildman–Crippen LogP) is 1.29. The van der Waals surface area contributed by atoms with Crippen molar-refractivity contribution in [2.24, 2.45) is 7.05 Å². The Morgan fingerprint density at radius 3 is 2.71 bits per heavy atom. The Hall–Kier alpha value is -3.33. The number of halogens is 1. The smallest absolute Gasteiger partial charge is 0.325 e. The number of aromatic hydroxyl groups is 1. The Bertz CT molecular complexity index is 1160. The molecular weight excluding hydrogens is 388 g/mol. The zero-order valence-electron chi connectivity index (χ0n) is 15.3. The van der Waals surface area contributed by atoms with Crippen LogP contribution in [0.2, 0.25) is 5.02 Å².